The predicted octanol–water partition coefficient (Wildman–Crippen LogP) is 0.747. The molecule has 3 rings (SSSR count). The maximum atomic E-state index is 12.3. The van der Waals surface area contributed by atoms with Crippen molar-refractivity contribution >= 4 is 5.91 Å². The highest BCUT2D eigenvalue weighted by molar-refractivity contribution is 5.76. The van der Waals surface area contributed by atoms with Crippen LogP contribution in [0.1, 0.15) is 44.9 Å². The van der Waals surface area contributed by atoms with E-state index in [1.54, 1.807) is 0 Å². The van der Waals surface area contributed by atoms with E-state index >= 15 is 0 Å². The fourth-order valence-electron chi connectivity index (χ4n) is 4.34. The Morgan fingerprint density at radius 2 is 1.77 bits per heavy atom. The van der Waals surface area contributed by atoms with Gasteiger partial charge in [-0.3, -0.25) is 9.69 Å². The standard InChI is InChI=1S/C17H30N2O3/c20-10-14(11-21)19-8-15(13-5-6-13)16(9-19)18-17(22)7-12-3-1-2-4-12/h12-16,20-21H,1-11H2,(H,18,22)/t15-,16+/m1/s1. The zero-order chi connectivity index (χ0) is 15.5. The van der Waals surface area contributed by atoms with Crippen LogP contribution in [0, 0.1) is 17.8 Å². The minimum absolute atomic E-state index is 0.0172. The minimum Gasteiger partial charge on any atom is -0.395 e. The van der Waals surface area contributed by atoms with E-state index in [2.05, 4.69) is 10.2 Å². The number of nitrogens with zero attached hydrogens (tertiary/aromatic N) is 1. The van der Waals surface area contributed by atoms with E-state index in [0.717, 1.165) is 19.0 Å². The molecular formula is C17H30N2O3. The number of aliphatic hydroxyl groups is 2. The summed E-state index contributed by atoms with van der Waals surface area (Å²) in [6.45, 7) is 1.63. The molecule has 5 nitrogen and oxygen atoms in total. The van der Waals surface area contributed by atoms with Gasteiger partial charge in [-0.15, -0.1) is 0 Å². The summed E-state index contributed by atoms with van der Waals surface area (Å²) in [5.41, 5.74) is 0. The monoisotopic (exact) mass is 310 g/mol. The summed E-state index contributed by atoms with van der Waals surface area (Å²) in [6, 6.07) is 0.0139. The van der Waals surface area contributed by atoms with E-state index in [9.17, 15) is 15.0 Å². The Morgan fingerprint density at radius 3 is 2.36 bits per heavy atom. The summed E-state index contributed by atoms with van der Waals surface area (Å²) in [5, 5.41) is 22.1. The lowest BCUT2D eigenvalue weighted by atomic mass is 9.97. The van der Waals surface area contributed by atoms with Crippen molar-refractivity contribution in [2.24, 2.45) is 17.8 Å². The maximum Gasteiger partial charge on any atom is 0.220 e. The molecule has 0 unspecified atom stereocenters. The average Bonchev–Trinajstić information content (AvgIpc) is 3.07. The van der Waals surface area contributed by atoms with Crippen molar-refractivity contribution in [3.05, 3.63) is 0 Å². The first-order valence-electron chi connectivity index (χ1n) is 8.96. The lowest BCUT2D eigenvalue weighted by molar-refractivity contribution is -0.122. The molecule has 0 aromatic heterocycles. The van der Waals surface area contributed by atoms with Gasteiger partial charge in [-0.25, -0.2) is 0 Å². The summed E-state index contributed by atoms with van der Waals surface area (Å²) in [4.78, 5) is 14.5. The Morgan fingerprint density at radius 1 is 1.09 bits per heavy atom. The van der Waals surface area contributed by atoms with Crippen LogP contribution in [0.2, 0.25) is 0 Å². The van der Waals surface area contributed by atoms with Crippen molar-refractivity contribution in [3.63, 3.8) is 0 Å². The minimum atomic E-state index is -0.182. The number of likely N-dealkylation sites (tertiary alicyclic amines) is 1. The number of rotatable bonds is 7. The van der Waals surface area contributed by atoms with Gasteiger partial charge in [-0.2, -0.15) is 0 Å². The largest absolute Gasteiger partial charge is 0.395 e. The Hall–Kier alpha value is -0.650. The molecular weight excluding hydrogens is 280 g/mol. The lowest BCUT2D eigenvalue weighted by Gasteiger charge is -2.24. The van der Waals surface area contributed by atoms with Gasteiger partial charge in [0.2, 0.25) is 5.91 Å². The lowest BCUT2D eigenvalue weighted by Crippen LogP contribution is -2.43. The van der Waals surface area contributed by atoms with E-state index in [-0.39, 0.29) is 31.2 Å². The number of carbonyl (C=O) groups excluding carboxylic acids is 1. The van der Waals surface area contributed by atoms with Crippen molar-refractivity contribution in [3.8, 4) is 0 Å². The van der Waals surface area contributed by atoms with Crippen LogP contribution in [0.15, 0.2) is 0 Å². The van der Waals surface area contributed by atoms with Gasteiger partial charge < -0.3 is 15.5 Å². The molecule has 1 amide bonds. The molecule has 2 atom stereocenters. The van der Waals surface area contributed by atoms with Crippen molar-refractivity contribution in [2.75, 3.05) is 26.3 Å². The van der Waals surface area contributed by atoms with Crippen molar-refractivity contribution in [2.45, 2.75) is 57.0 Å². The molecule has 3 aliphatic rings. The van der Waals surface area contributed by atoms with Gasteiger partial charge >= 0.3 is 0 Å². The van der Waals surface area contributed by atoms with E-state index in [4.69, 9.17) is 0 Å². The highest BCUT2D eigenvalue weighted by Gasteiger charge is 2.44. The number of aliphatic hydroxyl groups excluding tert-OH is 2. The fraction of sp³-hybridized carbons (Fsp3) is 0.941. The van der Waals surface area contributed by atoms with Crippen LogP contribution in [0.5, 0.6) is 0 Å². The normalized spacial score (nSPS) is 30.3. The molecule has 1 saturated heterocycles. The summed E-state index contributed by atoms with van der Waals surface area (Å²) in [5.74, 6) is 2.00. The molecule has 2 saturated carbocycles. The van der Waals surface area contributed by atoms with Gasteiger partial charge in [0.15, 0.2) is 0 Å². The zero-order valence-electron chi connectivity index (χ0n) is 13.4. The molecule has 22 heavy (non-hydrogen) atoms. The molecule has 2 aliphatic carbocycles. The van der Waals surface area contributed by atoms with Crippen LogP contribution in [0.4, 0.5) is 0 Å². The highest BCUT2D eigenvalue weighted by Crippen LogP contribution is 2.42. The SMILES string of the molecule is O=C(CC1CCCC1)N[C@H]1CN(C(CO)CO)C[C@@H]1C1CC1. The van der Waals surface area contributed by atoms with Crippen LogP contribution in [0.25, 0.3) is 0 Å². The van der Waals surface area contributed by atoms with E-state index in [1.165, 1.54) is 38.5 Å². The molecule has 0 aromatic rings. The zero-order valence-corrected chi connectivity index (χ0v) is 13.4. The predicted molar refractivity (Wildman–Crippen MR) is 84.3 cm³/mol. The van der Waals surface area contributed by atoms with Gasteiger partial charge in [-0.1, -0.05) is 12.8 Å². The molecule has 0 bridgehead atoms. The first-order valence-corrected chi connectivity index (χ1v) is 8.96. The van der Waals surface area contributed by atoms with Gasteiger partial charge in [0.25, 0.3) is 0 Å². The average molecular weight is 310 g/mol. The summed E-state index contributed by atoms with van der Waals surface area (Å²) < 4.78 is 0. The molecule has 1 aliphatic heterocycles. The van der Waals surface area contributed by atoms with E-state index in [1.807, 2.05) is 0 Å². The molecule has 126 valence electrons. The van der Waals surface area contributed by atoms with Gasteiger partial charge in [0.05, 0.1) is 19.3 Å². The van der Waals surface area contributed by atoms with Gasteiger partial charge in [0.1, 0.15) is 0 Å². The quantitative estimate of drug-likeness (QED) is 0.649. The topological polar surface area (TPSA) is 72.8 Å². The number of hydrogen-bond acceptors (Lipinski definition) is 4. The Balaban J connectivity index is 1.54. The third-order valence-corrected chi connectivity index (χ3v) is 5.85. The van der Waals surface area contributed by atoms with Gasteiger partial charge in [0, 0.05) is 25.6 Å². The van der Waals surface area contributed by atoms with Crippen LogP contribution in [0.3, 0.4) is 0 Å². The van der Waals surface area contributed by atoms with Crippen LogP contribution >= 0.6 is 0 Å². The molecule has 0 aromatic carbocycles. The molecule has 3 fully saturated rings. The second kappa shape index (κ2) is 7.28. The molecule has 5 heteroatoms. The number of nitrogens with one attached hydrogen (secondary N) is 1. The Bertz CT molecular complexity index is 376. The smallest absolute Gasteiger partial charge is 0.220 e. The molecule has 3 N–H and O–H groups in total. The second-order valence-electron chi connectivity index (χ2n) is 7.50. The number of carbonyl (C=O) groups is 1. The first kappa shape index (κ1) is 16.2. The second-order valence-corrected chi connectivity index (χ2v) is 7.50. The highest BCUT2D eigenvalue weighted by atomic mass is 16.3. The number of amides is 1. The Labute approximate surface area is 133 Å². The number of hydrogen-bond donors (Lipinski definition) is 3. The van der Waals surface area contributed by atoms with Gasteiger partial charge in [-0.05, 0) is 43.4 Å². The Kier molecular flexibility index (Phi) is 5.37. The third-order valence-electron chi connectivity index (χ3n) is 5.85. The molecule has 0 radical (unpaired) electrons. The van der Waals surface area contributed by atoms with Crippen molar-refractivity contribution < 1.29 is 15.0 Å². The van der Waals surface area contributed by atoms with E-state index < -0.39 is 0 Å². The summed E-state index contributed by atoms with van der Waals surface area (Å²) >= 11 is 0. The molecule has 0 spiro atoms. The fourth-order valence-corrected chi connectivity index (χ4v) is 4.34. The van der Waals surface area contributed by atoms with Crippen molar-refractivity contribution in [1.82, 2.24) is 10.2 Å². The van der Waals surface area contributed by atoms with E-state index in [0.29, 0.717) is 18.3 Å². The van der Waals surface area contributed by atoms with Crippen LogP contribution in [-0.2, 0) is 4.79 Å². The molecule has 1 heterocycles. The first-order chi connectivity index (χ1) is 10.7. The summed E-state index contributed by atoms with van der Waals surface area (Å²) in [6.07, 6.45) is 8.15. The van der Waals surface area contributed by atoms with Crippen LogP contribution < -0.4 is 5.32 Å². The maximum absolute atomic E-state index is 12.3. The van der Waals surface area contributed by atoms with Crippen LogP contribution in [-0.4, -0.2) is 59.4 Å². The summed E-state index contributed by atoms with van der Waals surface area (Å²) in [7, 11) is 0. The van der Waals surface area contributed by atoms with Crippen molar-refractivity contribution in [1.29, 1.82) is 0 Å². The third kappa shape index (κ3) is 3.81.